The Kier molecular flexibility index (Phi) is 3.26. The number of carbonyl (C=O) groups excluding carboxylic acids is 1. The second kappa shape index (κ2) is 4.05. The molecule has 0 saturated heterocycles. The van der Waals surface area contributed by atoms with Crippen LogP contribution in [0, 0.1) is 19.8 Å². The Morgan fingerprint density at radius 3 is 2.46 bits per heavy atom. The largest absolute Gasteiger partial charge is 0.294 e. The second-order valence-corrected chi connectivity index (χ2v) is 5.31. The highest BCUT2D eigenvalue weighted by Gasteiger charge is 2.12. The van der Waals surface area contributed by atoms with Crippen molar-refractivity contribution in [2.24, 2.45) is 5.92 Å². The molecule has 0 amide bonds. The van der Waals surface area contributed by atoms with Gasteiger partial charge in [0, 0.05) is 21.7 Å². The Labute approximate surface area is 83.8 Å². The summed E-state index contributed by atoms with van der Waals surface area (Å²) in [5.41, 5.74) is 0.927. The summed E-state index contributed by atoms with van der Waals surface area (Å²) in [7, 11) is 0. The lowest BCUT2D eigenvalue weighted by molar-refractivity contribution is 0.0968. The summed E-state index contributed by atoms with van der Waals surface area (Å²) in [5.74, 6) is 0.740. The van der Waals surface area contributed by atoms with Crippen molar-refractivity contribution in [1.29, 1.82) is 0 Å². The van der Waals surface area contributed by atoms with Crippen LogP contribution in [0.5, 0.6) is 0 Å². The molecule has 72 valence electrons. The number of hydrogen-bond acceptors (Lipinski definition) is 2. The second-order valence-electron chi connectivity index (χ2n) is 3.85. The highest BCUT2D eigenvalue weighted by Crippen LogP contribution is 2.22. The maximum Gasteiger partial charge on any atom is 0.164 e. The zero-order valence-corrected chi connectivity index (χ0v) is 9.49. The van der Waals surface area contributed by atoms with Gasteiger partial charge in [0.15, 0.2) is 5.78 Å². The minimum Gasteiger partial charge on any atom is -0.294 e. The van der Waals surface area contributed by atoms with Crippen LogP contribution in [0.4, 0.5) is 0 Å². The highest BCUT2D eigenvalue weighted by atomic mass is 32.1. The Bertz CT molecular complexity index is 310. The number of hydrogen-bond donors (Lipinski definition) is 0. The summed E-state index contributed by atoms with van der Waals surface area (Å²) in [4.78, 5) is 14.1. The molecule has 0 saturated carbocycles. The van der Waals surface area contributed by atoms with Gasteiger partial charge in [-0.1, -0.05) is 13.8 Å². The van der Waals surface area contributed by atoms with Gasteiger partial charge in [0.05, 0.1) is 0 Å². The SMILES string of the molecule is Cc1cc(C(=O)CC(C)C)c(C)s1. The summed E-state index contributed by atoms with van der Waals surface area (Å²) < 4.78 is 0. The van der Waals surface area contributed by atoms with Crippen molar-refractivity contribution in [2.45, 2.75) is 34.1 Å². The lowest BCUT2D eigenvalue weighted by atomic mass is 10.0. The van der Waals surface area contributed by atoms with E-state index in [2.05, 4.69) is 13.8 Å². The molecule has 0 aliphatic carbocycles. The highest BCUT2D eigenvalue weighted by molar-refractivity contribution is 7.12. The van der Waals surface area contributed by atoms with Gasteiger partial charge in [0.25, 0.3) is 0 Å². The Balaban J connectivity index is 2.82. The summed E-state index contributed by atoms with van der Waals surface area (Å²) in [6, 6.07) is 2.00. The third-order valence-corrected chi connectivity index (χ3v) is 2.90. The molecular formula is C11H16OS. The van der Waals surface area contributed by atoms with Crippen molar-refractivity contribution >= 4 is 17.1 Å². The lowest BCUT2D eigenvalue weighted by Crippen LogP contribution is -2.03. The van der Waals surface area contributed by atoms with Gasteiger partial charge in [0.2, 0.25) is 0 Å². The van der Waals surface area contributed by atoms with Gasteiger partial charge < -0.3 is 0 Å². The number of rotatable bonds is 3. The third kappa shape index (κ3) is 2.66. The zero-order chi connectivity index (χ0) is 10.0. The third-order valence-electron chi connectivity index (χ3n) is 1.94. The summed E-state index contributed by atoms with van der Waals surface area (Å²) in [5, 5.41) is 0. The standard InChI is InChI=1S/C11H16OS/c1-7(2)5-11(12)10-6-8(3)13-9(10)4/h6-7H,5H2,1-4H3. The van der Waals surface area contributed by atoms with E-state index >= 15 is 0 Å². The Hall–Kier alpha value is -0.630. The van der Waals surface area contributed by atoms with Crippen molar-refractivity contribution in [3.8, 4) is 0 Å². The summed E-state index contributed by atoms with van der Waals surface area (Å²) in [6.07, 6.45) is 0.664. The summed E-state index contributed by atoms with van der Waals surface area (Å²) >= 11 is 1.70. The number of aryl methyl sites for hydroxylation is 2. The van der Waals surface area contributed by atoms with Crippen LogP contribution in [-0.2, 0) is 0 Å². The fraction of sp³-hybridized carbons (Fsp3) is 0.545. The first kappa shape index (κ1) is 10.5. The van der Waals surface area contributed by atoms with E-state index in [0.29, 0.717) is 12.3 Å². The normalized spacial score (nSPS) is 10.8. The average molecular weight is 196 g/mol. The smallest absolute Gasteiger partial charge is 0.164 e. The predicted octanol–water partition coefficient (Wildman–Crippen LogP) is 3.59. The Morgan fingerprint density at radius 2 is 2.08 bits per heavy atom. The van der Waals surface area contributed by atoms with Gasteiger partial charge in [0.1, 0.15) is 0 Å². The van der Waals surface area contributed by atoms with Crippen LogP contribution in [0.2, 0.25) is 0 Å². The average Bonchev–Trinajstić information content (AvgIpc) is 2.28. The van der Waals surface area contributed by atoms with Gasteiger partial charge in [-0.05, 0) is 25.8 Å². The van der Waals surface area contributed by atoms with Crippen molar-refractivity contribution < 1.29 is 4.79 Å². The molecule has 0 fully saturated rings. The number of thiophene rings is 1. The molecule has 0 bridgehead atoms. The van der Waals surface area contributed by atoms with E-state index in [4.69, 9.17) is 0 Å². The van der Waals surface area contributed by atoms with E-state index < -0.39 is 0 Å². The van der Waals surface area contributed by atoms with Crippen LogP contribution in [0.15, 0.2) is 6.07 Å². The van der Waals surface area contributed by atoms with Gasteiger partial charge in [-0.3, -0.25) is 4.79 Å². The summed E-state index contributed by atoms with van der Waals surface area (Å²) in [6.45, 7) is 8.22. The van der Waals surface area contributed by atoms with Crippen LogP contribution in [0.1, 0.15) is 40.4 Å². The quantitative estimate of drug-likeness (QED) is 0.675. The van der Waals surface area contributed by atoms with Gasteiger partial charge in [-0.25, -0.2) is 0 Å². The van der Waals surface area contributed by atoms with E-state index in [1.165, 1.54) is 4.88 Å². The van der Waals surface area contributed by atoms with Gasteiger partial charge in [-0.2, -0.15) is 0 Å². The van der Waals surface area contributed by atoms with E-state index in [9.17, 15) is 4.79 Å². The molecule has 1 aromatic heterocycles. The molecule has 0 radical (unpaired) electrons. The first-order valence-corrected chi connectivity index (χ1v) is 5.42. The minimum atomic E-state index is 0.289. The van der Waals surface area contributed by atoms with Crippen LogP contribution in [0.25, 0.3) is 0 Å². The van der Waals surface area contributed by atoms with Crippen LogP contribution >= 0.6 is 11.3 Å². The number of carbonyl (C=O) groups is 1. The van der Waals surface area contributed by atoms with E-state index in [-0.39, 0.29) is 5.78 Å². The molecule has 0 unspecified atom stereocenters. The molecule has 0 aliphatic heterocycles. The van der Waals surface area contributed by atoms with E-state index in [1.54, 1.807) is 11.3 Å². The molecule has 1 aromatic rings. The molecule has 2 heteroatoms. The van der Waals surface area contributed by atoms with Gasteiger partial charge >= 0.3 is 0 Å². The van der Waals surface area contributed by atoms with Crippen molar-refractivity contribution in [3.63, 3.8) is 0 Å². The molecule has 1 nitrogen and oxygen atoms in total. The van der Waals surface area contributed by atoms with Crippen LogP contribution < -0.4 is 0 Å². The molecule has 0 spiro atoms. The predicted molar refractivity (Wildman–Crippen MR) is 57.6 cm³/mol. The minimum absolute atomic E-state index is 0.289. The Morgan fingerprint density at radius 1 is 1.46 bits per heavy atom. The number of ketones is 1. The lowest BCUT2D eigenvalue weighted by Gasteiger charge is -2.02. The van der Waals surface area contributed by atoms with E-state index in [0.717, 1.165) is 10.4 Å². The molecule has 1 rings (SSSR count). The first-order valence-electron chi connectivity index (χ1n) is 4.61. The van der Waals surface area contributed by atoms with Crippen LogP contribution in [0.3, 0.4) is 0 Å². The van der Waals surface area contributed by atoms with Crippen molar-refractivity contribution in [1.82, 2.24) is 0 Å². The van der Waals surface area contributed by atoms with Gasteiger partial charge in [-0.15, -0.1) is 11.3 Å². The first-order chi connectivity index (χ1) is 6.00. The topological polar surface area (TPSA) is 17.1 Å². The number of Topliss-reactive ketones (excluding diaryl/α,β-unsaturated/α-hetero) is 1. The molecule has 0 aromatic carbocycles. The van der Waals surface area contributed by atoms with Crippen molar-refractivity contribution in [2.75, 3.05) is 0 Å². The van der Waals surface area contributed by atoms with E-state index in [1.807, 2.05) is 19.9 Å². The molecule has 0 N–H and O–H groups in total. The molecule has 0 atom stereocenters. The molecular weight excluding hydrogens is 180 g/mol. The molecule has 0 aliphatic rings. The van der Waals surface area contributed by atoms with Crippen molar-refractivity contribution in [3.05, 3.63) is 21.4 Å². The fourth-order valence-corrected chi connectivity index (χ4v) is 2.33. The molecule has 1 heterocycles. The monoisotopic (exact) mass is 196 g/mol. The maximum absolute atomic E-state index is 11.7. The molecule has 13 heavy (non-hydrogen) atoms. The maximum atomic E-state index is 11.7. The fourth-order valence-electron chi connectivity index (χ4n) is 1.39. The van der Waals surface area contributed by atoms with Crippen LogP contribution in [-0.4, -0.2) is 5.78 Å². The zero-order valence-electron chi connectivity index (χ0n) is 8.68.